The molecule has 1 aromatic carbocycles. The van der Waals surface area contributed by atoms with Crippen LogP contribution in [0.4, 0.5) is 5.69 Å². The summed E-state index contributed by atoms with van der Waals surface area (Å²) in [7, 11) is -3.57. The Hall–Kier alpha value is -2.23. The Morgan fingerprint density at radius 1 is 1.21 bits per heavy atom. The van der Waals surface area contributed by atoms with Gasteiger partial charge in [-0.2, -0.15) is 4.31 Å². The Kier molecular flexibility index (Phi) is 6.17. The summed E-state index contributed by atoms with van der Waals surface area (Å²) in [6.45, 7) is 4.26. The molecule has 2 aromatic rings. The number of nitrogens with one attached hydrogen (secondary N) is 2. The number of rotatable bonds is 5. The third-order valence-corrected chi connectivity index (χ3v) is 8.05. The summed E-state index contributed by atoms with van der Waals surface area (Å²) in [5, 5.41) is 6.90. The molecule has 9 heteroatoms. The third-order valence-electron chi connectivity index (χ3n) is 4.73. The second kappa shape index (κ2) is 8.42. The van der Waals surface area contributed by atoms with Gasteiger partial charge in [0.15, 0.2) is 0 Å². The van der Waals surface area contributed by atoms with Gasteiger partial charge in [0.25, 0.3) is 10.0 Å². The van der Waals surface area contributed by atoms with Crippen molar-refractivity contribution in [2.24, 2.45) is 0 Å². The lowest BCUT2D eigenvalue weighted by atomic mass is 10.1. The normalized spacial score (nSPS) is 17.4. The number of carbonyl (C=O) groups excluding carboxylic acids is 2. The summed E-state index contributed by atoms with van der Waals surface area (Å²) in [6.07, 6.45) is 1.36. The minimum Gasteiger partial charge on any atom is -0.346 e. The Morgan fingerprint density at radius 3 is 2.71 bits per heavy atom. The van der Waals surface area contributed by atoms with Crippen molar-refractivity contribution in [2.75, 3.05) is 18.4 Å². The SMILES string of the molecule is Cc1ccc(C)c(NC(=O)C(=O)NC[C@@H]2CCCN2S(=O)(=O)c2cccs2)c1. The Morgan fingerprint density at radius 2 is 2.00 bits per heavy atom. The van der Waals surface area contributed by atoms with E-state index in [4.69, 9.17) is 0 Å². The number of hydrogen-bond acceptors (Lipinski definition) is 5. The van der Waals surface area contributed by atoms with E-state index >= 15 is 0 Å². The first-order valence-corrected chi connectivity index (χ1v) is 11.3. The first-order valence-electron chi connectivity index (χ1n) is 9.01. The molecule has 0 bridgehead atoms. The molecule has 1 aliphatic rings. The number of carbonyl (C=O) groups is 2. The standard InChI is InChI=1S/C19H23N3O4S2/c1-13-7-8-14(2)16(11-13)21-19(24)18(23)20-12-15-5-3-9-22(15)28(25,26)17-6-4-10-27-17/h4,6-8,10-11,15H,3,5,9,12H2,1-2H3,(H,20,23)(H,21,24)/t15-/m0/s1. The fourth-order valence-electron chi connectivity index (χ4n) is 3.20. The molecular formula is C19H23N3O4S2. The van der Waals surface area contributed by atoms with Crippen molar-refractivity contribution < 1.29 is 18.0 Å². The molecule has 1 fully saturated rings. The molecule has 2 N–H and O–H groups in total. The van der Waals surface area contributed by atoms with Gasteiger partial charge in [0.05, 0.1) is 0 Å². The minimum atomic E-state index is -3.57. The molecule has 2 heterocycles. The van der Waals surface area contributed by atoms with Crippen LogP contribution in [0.2, 0.25) is 0 Å². The van der Waals surface area contributed by atoms with Crippen molar-refractivity contribution in [3.8, 4) is 0 Å². The molecule has 7 nitrogen and oxygen atoms in total. The zero-order chi connectivity index (χ0) is 20.3. The fourth-order valence-corrected chi connectivity index (χ4v) is 6.01. The number of aryl methyl sites for hydroxylation is 2. The number of anilines is 1. The maximum atomic E-state index is 12.7. The van der Waals surface area contributed by atoms with Crippen molar-refractivity contribution in [1.29, 1.82) is 0 Å². The highest BCUT2D eigenvalue weighted by Gasteiger charge is 2.36. The third kappa shape index (κ3) is 4.43. The maximum Gasteiger partial charge on any atom is 0.313 e. The quantitative estimate of drug-likeness (QED) is 0.724. The molecule has 1 saturated heterocycles. The predicted molar refractivity (Wildman–Crippen MR) is 109 cm³/mol. The largest absolute Gasteiger partial charge is 0.346 e. The van der Waals surface area contributed by atoms with Gasteiger partial charge in [0.1, 0.15) is 4.21 Å². The lowest BCUT2D eigenvalue weighted by Gasteiger charge is -2.23. The molecular weight excluding hydrogens is 398 g/mol. The summed E-state index contributed by atoms with van der Waals surface area (Å²) in [5.74, 6) is -1.54. The van der Waals surface area contributed by atoms with Gasteiger partial charge in [-0.05, 0) is 55.3 Å². The molecule has 0 radical (unpaired) electrons. The molecule has 0 unspecified atom stereocenters. The summed E-state index contributed by atoms with van der Waals surface area (Å²) < 4.78 is 27.2. The van der Waals surface area contributed by atoms with Crippen molar-refractivity contribution in [3.63, 3.8) is 0 Å². The van der Waals surface area contributed by atoms with E-state index in [1.54, 1.807) is 23.6 Å². The van der Waals surface area contributed by atoms with Gasteiger partial charge >= 0.3 is 11.8 Å². The molecule has 1 atom stereocenters. The fraction of sp³-hybridized carbons (Fsp3) is 0.368. The van der Waals surface area contributed by atoms with Gasteiger partial charge in [-0.3, -0.25) is 9.59 Å². The zero-order valence-corrected chi connectivity index (χ0v) is 17.4. The molecule has 1 aliphatic heterocycles. The van der Waals surface area contributed by atoms with E-state index in [1.165, 1.54) is 15.6 Å². The molecule has 3 rings (SSSR count). The van der Waals surface area contributed by atoms with Crippen LogP contribution in [0.15, 0.2) is 39.9 Å². The average molecular weight is 422 g/mol. The molecule has 2 amide bonds. The van der Waals surface area contributed by atoms with Crippen LogP contribution in [-0.2, 0) is 19.6 Å². The van der Waals surface area contributed by atoms with Crippen molar-refractivity contribution in [3.05, 3.63) is 46.8 Å². The minimum absolute atomic E-state index is 0.101. The lowest BCUT2D eigenvalue weighted by Crippen LogP contribution is -2.45. The molecule has 0 spiro atoms. The Balaban J connectivity index is 1.60. The van der Waals surface area contributed by atoms with Gasteiger partial charge in [-0.1, -0.05) is 18.2 Å². The van der Waals surface area contributed by atoms with E-state index < -0.39 is 21.8 Å². The van der Waals surface area contributed by atoms with E-state index in [9.17, 15) is 18.0 Å². The van der Waals surface area contributed by atoms with E-state index in [2.05, 4.69) is 10.6 Å². The monoisotopic (exact) mass is 421 g/mol. The topological polar surface area (TPSA) is 95.6 Å². The van der Waals surface area contributed by atoms with Crippen LogP contribution in [0.3, 0.4) is 0 Å². The van der Waals surface area contributed by atoms with E-state index in [0.29, 0.717) is 22.9 Å². The number of thiophene rings is 1. The van der Waals surface area contributed by atoms with Gasteiger partial charge < -0.3 is 10.6 Å². The van der Waals surface area contributed by atoms with Crippen LogP contribution < -0.4 is 10.6 Å². The first kappa shape index (κ1) is 20.5. The van der Waals surface area contributed by atoms with E-state index in [-0.39, 0.29) is 12.6 Å². The van der Waals surface area contributed by atoms with E-state index in [0.717, 1.165) is 17.5 Å². The van der Waals surface area contributed by atoms with Crippen LogP contribution in [0.1, 0.15) is 24.0 Å². The zero-order valence-electron chi connectivity index (χ0n) is 15.8. The molecule has 150 valence electrons. The van der Waals surface area contributed by atoms with Crippen LogP contribution in [0, 0.1) is 13.8 Å². The van der Waals surface area contributed by atoms with Gasteiger partial charge in [-0.15, -0.1) is 11.3 Å². The second-order valence-corrected chi connectivity index (χ2v) is 9.89. The summed E-state index contributed by atoms with van der Waals surface area (Å²) in [5.41, 5.74) is 2.42. The average Bonchev–Trinajstić information content (AvgIpc) is 3.34. The molecule has 0 saturated carbocycles. The number of nitrogens with zero attached hydrogens (tertiary/aromatic N) is 1. The van der Waals surface area contributed by atoms with Crippen LogP contribution in [-0.4, -0.2) is 43.7 Å². The highest BCUT2D eigenvalue weighted by atomic mass is 32.2. The number of amides is 2. The Labute approximate surface area is 168 Å². The smallest absolute Gasteiger partial charge is 0.313 e. The lowest BCUT2D eigenvalue weighted by molar-refractivity contribution is -0.136. The summed E-state index contributed by atoms with van der Waals surface area (Å²) >= 11 is 1.17. The van der Waals surface area contributed by atoms with Gasteiger partial charge in [-0.25, -0.2) is 8.42 Å². The van der Waals surface area contributed by atoms with Gasteiger partial charge in [0.2, 0.25) is 0 Å². The summed E-state index contributed by atoms with van der Waals surface area (Å²) in [6, 6.07) is 8.51. The van der Waals surface area contributed by atoms with Gasteiger partial charge in [0, 0.05) is 24.8 Å². The number of hydrogen-bond donors (Lipinski definition) is 2. The maximum absolute atomic E-state index is 12.7. The molecule has 28 heavy (non-hydrogen) atoms. The predicted octanol–water partition coefficient (Wildman–Crippen LogP) is 2.27. The molecule has 0 aliphatic carbocycles. The van der Waals surface area contributed by atoms with Crippen LogP contribution in [0.25, 0.3) is 0 Å². The first-order chi connectivity index (χ1) is 13.3. The van der Waals surface area contributed by atoms with Crippen molar-refractivity contribution in [2.45, 2.75) is 36.9 Å². The van der Waals surface area contributed by atoms with Crippen molar-refractivity contribution >= 4 is 38.9 Å². The second-order valence-electron chi connectivity index (χ2n) is 6.83. The summed E-state index contributed by atoms with van der Waals surface area (Å²) in [4.78, 5) is 24.4. The Bertz CT molecular complexity index is 971. The van der Waals surface area contributed by atoms with E-state index in [1.807, 2.05) is 26.0 Å². The van der Waals surface area contributed by atoms with Crippen molar-refractivity contribution in [1.82, 2.24) is 9.62 Å². The number of benzene rings is 1. The van der Waals surface area contributed by atoms with Crippen LogP contribution >= 0.6 is 11.3 Å². The highest BCUT2D eigenvalue weighted by molar-refractivity contribution is 7.91. The van der Waals surface area contributed by atoms with Crippen LogP contribution in [0.5, 0.6) is 0 Å². The molecule has 1 aromatic heterocycles. The number of sulfonamides is 1. The highest BCUT2D eigenvalue weighted by Crippen LogP contribution is 2.28.